The van der Waals surface area contributed by atoms with Crippen molar-refractivity contribution in [3.05, 3.63) is 279 Å². The van der Waals surface area contributed by atoms with Crippen LogP contribution in [0.25, 0.3) is 87.6 Å². The molecule has 0 heterocycles. The summed E-state index contributed by atoms with van der Waals surface area (Å²) in [7, 11) is 25.7. The molecule has 0 saturated carbocycles. The molecular formula is C76H78Cl4Si2Zr2-6. The van der Waals surface area contributed by atoms with Crippen molar-refractivity contribution >= 4 is 97.6 Å². The molecule has 0 fully saturated rings. The molecule has 84 heavy (non-hydrogen) atoms. The van der Waals surface area contributed by atoms with Crippen LogP contribution in [0.5, 0.6) is 0 Å². The summed E-state index contributed by atoms with van der Waals surface area (Å²) in [4.78, 5) is 0. The normalized spacial score (nSPS) is 9.93. The first-order chi connectivity index (χ1) is 41.3. The molecule has 432 valence electrons. The van der Waals surface area contributed by atoms with Crippen molar-refractivity contribution in [1.29, 1.82) is 0 Å². The fraction of sp³-hybridized carbons (Fsp3) is 0.184. The van der Waals surface area contributed by atoms with Crippen LogP contribution in [0.2, 0.25) is 13.1 Å². The van der Waals surface area contributed by atoms with E-state index in [1.165, 1.54) is 123 Å². The number of benzene rings is 8. The number of aryl methyl sites for hydroxylation is 4. The summed E-state index contributed by atoms with van der Waals surface area (Å²) in [5.74, 6) is 0. The molecule has 0 spiro atoms. The standard InChI is InChI=1S/4C17H15.C6H12.2CH3Si.4ClH.2Zr/c4*1-2-13-11-15-9-6-10-16(17(15)12-13)14-7-4-3-5-8-14;1-3-5-6-4-2;2*1-2;;;;;;/h4*3-12H,2H2,1H3;1-6H2;2*1H3;4*1H;;/q4*-1;-2;;;;;;;2*+2/p-4. The molecule has 0 nitrogen and oxygen atoms in total. The van der Waals surface area contributed by atoms with E-state index in [1.807, 2.05) is 0 Å². The Labute approximate surface area is 549 Å². The quantitative estimate of drug-likeness (QED) is 0.0688. The van der Waals surface area contributed by atoms with Crippen LogP contribution >= 0.6 is 34.1 Å². The second-order valence-corrected chi connectivity index (χ2v) is 26.6. The maximum absolute atomic E-state index is 4.93. The van der Waals surface area contributed by atoms with Crippen LogP contribution in [0.4, 0.5) is 0 Å². The molecule has 0 atom stereocenters. The third-order valence-corrected chi connectivity index (χ3v) is 14.0. The fourth-order valence-corrected chi connectivity index (χ4v) is 9.84. The first-order valence-electron chi connectivity index (χ1n) is 28.7. The molecular weight excluding hydrogens is 1290 g/mol. The second-order valence-electron chi connectivity index (χ2n) is 19.1. The Balaban J connectivity index is 0.000000221. The average Bonchev–Trinajstić information content (AvgIpc) is 4.55. The Kier molecular flexibility index (Phi) is 36.4. The summed E-state index contributed by atoms with van der Waals surface area (Å²) in [6.07, 6.45) is 9.01. The Morgan fingerprint density at radius 2 is 0.500 bits per heavy atom. The molecule has 0 N–H and O–H groups in total. The van der Waals surface area contributed by atoms with Crippen molar-refractivity contribution in [2.75, 3.05) is 0 Å². The number of rotatable bonds is 11. The van der Waals surface area contributed by atoms with Crippen LogP contribution < -0.4 is 0 Å². The van der Waals surface area contributed by atoms with E-state index in [1.54, 1.807) is 13.1 Å². The van der Waals surface area contributed by atoms with E-state index in [0.29, 0.717) is 0 Å². The number of unbranched alkanes of at least 4 members (excludes halogenated alkanes) is 3. The fourth-order valence-electron chi connectivity index (χ4n) is 9.84. The molecule has 0 bridgehead atoms. The van der Waals surface area contributed by atoms with Gasteiger partial charge in [0.05, 0.1) is 0 Å². The van der Waals surface area contributed by atoms with Crippen LogP contribution in [-0.4, -0.2) is 20.5 Å². The summed E-state index contributed by atoms with van der Waals surface area (Å²) in [5.41, 5.74) is 16.2. The molecule has 12 aromatic carbocycles. The van der Waals surface area contributed by atoms with E-state index < -0.39 is 41.7 Å². The summed E-state index contributed by atoms with van der Waals surface area (Å²) in [6, 6.07) is 87.0. The van der Waals surface area contributed by atoms with Crippen molar-refractivity contribution in [3.63, 3.8) is 0 Å². The van der Waals surface area contributed by atoms with Crippen molar-refractivity contribution in [2.24, 2.45) is 0 Å². The predicted molar refractivity (Wildman–Crippen MR) is 373 cm³/mol. The van der Waals surface area contributed by atoms with Crippen LogP contribution in [0, 0.1) is 13.8 Å². The third kappa shape index (κ3) is 22.4. The third-order valence-electron chi connectivity index (χ3n) is 14.0. The molecule has 12 aromatic rings. The SMILES string of the molecule is CCc1cc2c(-c3ccccc3)cccc2[cH-]1.CCc1cc2c(-c3ccccc3)cccc2[cH-]1.CCc1cc2c(-c3ccccc3)cccc2[cH-]1.CCc1cc2c(-c3ccccc3)cccc2[cH-]1.C[Si].C[Si].[CH2-]CCCC[CH2-].[Cl][Zr][Cl].[Cl][Zr][Cl]. The molecule has 0 aliphatic rings. The zero-order valence-electron chi connectivity index (χ0n) is 49.7. The van der Waals surface area contributed by atoms with E-state index >= 15 is 0 Å². The zero-order valence-corrected chi connectivity index (χ0v) is 59.6. The van der Waals surface area contributed by atoms with Gasteiger partial charge in [-0.15, -0.1) is 138 Å². The van der Waals surface area contributed by atoms with E-state index in [2.05, 4.69) is 305 Å². The van der Waals surface area contributed by atoms with Gasteiger partial charge < -0.3 is 13.8 Å². The van der Waals surface area contributed by atoms with Crippen molar-refractivity contribution in [3.8, 4) is 44.5 Å². The minimum absolute atomic E-state index is 0.826. The van der Waals surface area contributed by atoms with Crippen molar-refractivity contribution < 1.29 is 41.7 Å². The van der Waals surface area contributed by atoms with Crippen LogP contribution in [0.1, 0.15) is 75.6 Å². The van der Waals surface area contributed by atoms with Gasteiger partial charge in [0.2, 0.25) is 0 Å². The zero-order chi connectivity index (χ0) is 60.9. The predicted octanol–water partition coefficient (Wildman–Crippen LogP) is 24.5. The number of hydrogen-bond acceptors (Lipinski definition) is 0. The first-order valence-corrected chi connectivity index (χ1v) is 43.4. The minimum atomic E-state index is -0.826. The summed E-state index contributed by atoms with van der Waals surface area (Å²) < 4.78 is 0. The Morgan fingerprint density at radius 1 is 0.310 bits per heavy atom. The van der Waals surface area contributed by atoms with Gasteiger partial charge in [0.15, 0.2) is 0 Å². The van der Waals surface area contributed by atoms with E-state index in [-0.39, 0.29) is 0 Å². The van der Waals surface area contributed by atoms with E-state index in [4.69, 9.17) is 34.1 Å². The Bertz CT molecular complexity index is 3140. The molecule has 6 radical (unpaired) electrons. The molecule has 0 amide bonds. The van der Waals surface area contributed by atoms with Gasteiger partial charge in [0.25, 0.3) is 0 Å². The Hall–Kier alpha value is -4.44. The van der Waals surface area contributed by atoms with Crippen molar-refractivity contribution in [2.45, 2.75) is 92.2 Å². The van der Waals surface area contributed by atoms with Crippen LogP contribution in [0.3, 0.4) is 0 Å². The number of fused-ring (bicyclic) bond motifs is 4. The molecule has 12 rings (SSSR count). The van der Waals surface area contributed by atoms with Gasteiger partial charge in [-0.25, -0.2) is 0 Å². The molecule has 8 heteroatoms. The van der Waals surface area contributed by atoms with Gasteiger partial charge in [-0.3, -0.25) is 0 Å². The van der Waals surface area contributed by atoms with E-state index in [9.17, 15) is 0 Å². The first kappa shape index (κ1) is 72.0. The van der Waals surface area contributed by atoms with Crippen molar-refractivity contribution in [1.82, 2.24) is 0 Å². The van der Waals surface area contributed by atoms with Gasteiger partial charge in [0, 0.05) is 20.5 Å². The average molecular weight is 1370 g/mol. The summed E-state index contributed by atoms with van der Waals surface area (Å²) >= 11 is -1.65. The second kappa shape index (κ2) is 42.4. The molecule has 0 aliphatic heterocycles. The monoisotopic (exact) mass is 1370 g/mol. The summed E-state index contributed by atoms with van der Waals surface area (Å²) in [6.45, 7) is 19.8. The Morgan fingerprint density at radius 3 is 0.667 bits per heavy atom. The van der Waals surface area contributed by atoms with Crippen LogP contribution in [0.15, 0.2) is 243 Å². The number of halogens is 4. The maximum atomic E-state index is 4.93. The van der Waals surface area contributed by atoms with Gasteiger partial charge in [-0.1, -0.05) is 221 Å². The van der Waals surface area contributed by atoms with Gasteiger partial charge >= 0.3 is 75.7 Å². The molecule has 0 saturated heterocycles. The summed E-state index contributed by atoms with van der Waals surface area (Å²) in [5, 5.41) is 10.9. The topological polar surface area (TPSA) is 0 Å². The van der Waals surface area contributed by atoms with E-state index in [0.717, 1.165) is 38.5 Å². The number of hydrogen-bond donors (Lipinski definition) is 0. The van der Waals surface area contributed by atoms with Gasteiger partial charge in [-0.05, 0) is 47.9 Å². The van der Waals surface area contributed by atoms with Gasteiger partial charge in [0.1, 0.15) is 0 Å². The van der Waals surface area contributed by atoms with Crippen LogP contribution in [-0.2, 0) is 67.4 Å². The van der Waals surface area contributed by atoms with Gasteiger partial charge in [-0.2, -0.15) is 37.1 Å². The molecule has 0 aromatic heterocycles. The molecule has 0 aliphatic carbocycles. The molecule has 0 unspecified atom stereocenters.